The molecule has 2 heterocycles. The fourth-order valence-corrected chi connectivity index (χ4v) is 6.41. The number of benzene rings is 3. The van der Waals surface area contributed by atoms with Crippen molar-refractivity contribution >= 4 is 45.0 Å². The maximum absolute atomic E-state index is 13.9. The molecule has 8 nitrogen and oxygen atoms in total. The molecular formula is C33H29BrN4O4S. The van der Waals surface area contributed by atoms with Crippen LogP contribution in [-0.4, -0.2) is 31.2 Å². The molecule has 0 bridgehead atoms. The van der Waals surface area contributed by atoms with Gasteiger partial charge in [0.05, 0.1) is 44.6 Å². The van der Waals surface area contributed by atoms with Crippen LogP contribution in [0.5, 0.6) is 5.75 Å². The molecule has 0 spiro atoms. The molecule has 4 aromatic rings. The number of hydrogen-bond acceptors (Lipinski definition) is 8. The van der Waals surface area contributed by atoms with Gasteiger partial charge in [-0.05, 0) is 77.3 Å². The van der Waals surface area contributed by atoms with Crippen molar-refractivity contribution in [2.45, 2.75) is 26.5 Å². The molecule has 10 heteroatoms. The van der Waals surface area contributed by atoms with Crippen LogP contribution in [0.2, 0.25) is 0 Å². The number of aromatic nitrogens is 1. The summed E-state index contributed by atoms with van der Waals surface area (Å²) >= 11 is 4.85. The Morgan fingerprint density at radius 1 is 1.16 bits per heavy atom. The number of fused-ring (bicyclic) bond motifs is 1. The summed E-state index contributed by atoms with van der Waals surface area (Å²) in [6, 6.07) is 22.2. The first-order chi connectivity index (χ1) is 20.7. The van der Waals surface area contributed by atoms with Gasteiger partial charge in [0.15, 0.2) is 4.80 Å². The van der Waals surface area contributed by atoms with Crippen molar-refractivity contribution in [1.82, 2.24) is 4.57 Å². The Bertz CT molecular complexity index is 1950. The molecule has 1 aliphatic heterocycles. The number of carbonyl (C=O) groups is 1. The number of esters is 1. The second-order valence-electron chi connectivity index (χ2n) is 10.0. The lowest BCUT2D eigenvalue weighted by Gasteiger charge is -2.25. The van der Waals surface area contributed by atoms with E-state index in [2.05, 4.69) is 27.0 Å². The minimum atomic E-state index is -0.674. The van der Waals surface area contributed by atoms with Crippen molar-refractivity contribution in [2.24, 2.45) is 4.99 Å². The second kappa shape index (κ2) is 12.8. The van der Waals surface area contributed by atoms with E-state index >= 15 is 0 Å². The van der Waals surface area contributed by atoms with E-state index in [1.807, 2.05) is 79.7 Å². The van der Waals surface area contributed by atoms with Gasteiger partial charge in [0, 0.05) is 25.3 Å². The standard InChI is InChI=1S/C33H29BrN4O4S/c1-5-41-32(40)29-20(2)36-33-38(30(29)22-11-13-25(14-12-22)37(3)4)31(39)28(43-33)17-21-10-15-27(26(34)16-21)42-19-24-9-7-6-8-23(24)18-35/h6-17,30H,5,19H2,1-4H3/b28-17+/t30-/m1/s1. The zero-order chi connectivity index (χ0) is 30.7. The van der Waals surface area contributed by atoms with E-state index in [0.29, 0.717) is 36.4 Å². The fraction of sp³-hybridized carbons (Fsp3) is 0.212. The molecule has 0 N–H and O–H groups in total. The third kappa shape index (κ3) is 6.19. The predicted octanol–water partition coefficient (Wildman–Crippen LogP) is 5.08. The Morgan fingerprint density at radius 3 is 2.58 bits per heavy atom. The Balaban J connectivity index is 1.52. The number of carbonyl (C=O) groups excluding carboxylic acids is 1. The molecule has 1 aromatic heterocycles. The summed E-state index contributed by atoms with van der Waals surface area (Å²) in [4.78, 5) is 34.2. The number of anilines is 1. The molecule has 43 heavy (non-hydrogen) atoms. The number of nitriles is 1. The van der Waals surface area contributed by atoms with E-state index in [-0.39, 0.29) is 18.8 Å². The highest BCUT2D eigenvalue weighted by atomic mass is 79.9. The minimum Gasteiger partial charge on any atom is -0.488 e. The maximum atomic E-state index is 13.9. The number of thiazole rings is 1. The van der Waals surface area contributed by atoms with Crippen molar-refractivity contribution in [2.75, 3.05) is 25.6 Å². The molecule has 0 radical (unpaired) electrons. The van der Waals surface area contributed by atoms with Crippen LogP contribution < -0.4 is 24.5 Å². The molecule has 0 saturated heterocycles. The summed E-state index contributed by atoms with van der Waals surface area (Å²) in [5.74, 6) is 0.124. The molecule has 1 aliphatic rings. The summed E-state index contributed by atoms with van der Waals surface area (Å²) in [6.07, 6.45) is 1.80. The molecule has 3 aromatic carbocycles. The summed E-state index contributed by atoms with van der Waals surface area (Å²) in [5, 5.41) is 9.34. The highest BCUT2D eigenvalue weighted by Gasteiger charge is 2.33. The van der Waals surface area contributed by atoms with Crippen LogP contribution in [0.15, 0.2) is 92.3 Å². The van der Waals surface area contributed by atoms with Crippen LogP contribution in [0.4, 0.5) is 5.69 Å². The predicted molar refractivity (Wildman–Crippen MR) is 171 cm³/mol. The van der Waals surface area contributed by atoms with Crippen LogP contribution in [0, 0.1) is 11.3 Å². The first kappa shape index (κ1) is 30.0. The van der Waals surface area contributed by atoms with E-state index in [9.17, 15) is 14.9 Å². The second-order valence-corrected chi connectivity index (χ2v) is 11.9. The largest absolute Gasteiger partial charge is 0.488 e. The van der Waals surface area contributed by atoms with Gasteiger partial charge in [-0.1, -0.05) is 47.7 Å². The molecular weight excluding hydrogens is 628 g/mol. The number of rotatable bonds is 8. The van der Waals surface area contributed by atoms with Gasteiger partial charge in [0.1, 0.15) is 12.4 Å². The van der Waals surface area contributed by atoms with Gasteiger partial charge in [-0.2, -0.15) is 5.26 Å². The third-order valence-corrected chi connectivity index (χ3v) is 8.62. The van der Waals surface area contributed by atoms with E-state index in [1.165, 1.54) is 11.3 Å². The van der Waals surface area contributed by atoms with Crippen molar-refractivity contribution in [1.29, 1.82) is 5.26 Å². The first-order valence-corrected chi connectivity index (χ1v) is 15.2. The summed E-state index contributed by atoms with van der Waals surface area (Å²) in [7, 11) is 3.91. The fourth-order valence-electron chi connectivity index (χ4n) is 4.85. The van der Waals surface area contributed by atoms with Crippen molar-refractivity contribution < 1.29 is 14.3 Å². The zero-order valence-electron chi connectivity index (χ0n) is 24.1. The monoisotopic (exact) mass is 656 g/mol. The van der Waals surface area contributed by atoms with Gasteiger partial charge < -0.3 is 14.4 Å². The maximum Gasteiger partial charge on any atom is 0.338 e. The Kier molecular flexibility index (Phi) is 8.94. The number of allylic oxidation sites excluding steroid dienone is 1. The average Bonchev–Trinajstić information content (AvgIpc) is 3.30. The highest BCUT2D eigenvalue weighted by Crippen LogP contribution is 2.32. The van der Waals surface area contributed by atoms with Gasteiger partial charge in [-0.3, -0.25) is 9.36 Å². The molecule has 0 saturated carbocycles. The molecule has 0 aliphatic carbocycles. The summed E-state index contributed by atoms with van der Waals surface area (Å²) < 4.78 is 14.1. The molecule has 1 atom stereocenters. The van der Waals surface area contributed by atoms with E-state index in [0.717, 1.165) is 22.4 Å². The third-order valence-electron chi connectivity index (χ3n) is 7.02. The SMILES string of the molecule is CCOC(=O)C1=C(C)N=c2s/c(=C/c3ccc(OCc4ccccc4C#N)c(Br)c3)c(=O)n2[C@@H]1c1ccc(N(C)C)cc1. The average molecular weight is 658 g/mol. The molecule has 218 valence electrons. The molecule has 0 amide bonds. The van der Waals surface area contributed by atoms with Gasteiger partial charge in [0.2, 0.25) is 0 Å². The smallest absolute Gasteiger partial charge is 0.338 e. The first-order valence-electron chi connectivity index (χ1n) is 13.6. The quantitative estimate of drug-likeness (QED) is 0.246. The van der Waals surface area contributed by atoms with Crippen LogP contribution in [0.1, 0.15) is 42.1 Å². The topological polar surface area (TPSA) is 96.9 Å². The van der Waals surface area contributed by atoms with Crippen molar-refractivity contribution in [3.05, 3.63) is 124 Å². The lowest BCUT2D eigenvalue weighted by molar-refractivity contribution is -0.139. The van der Waals surface area contributed by atoms with Crippen molar-refractivity contribution in [3.63, 3.8) is 0 Å². The van der Waals surface area contributed by atoms with E-state index in [1.54, 1.807) is 30.6 Å². The molecule has 0 unspecified atom stereocenters. The van der Waals surface area contributed by atoms with Gasteiger partial charge in [-0.25, -0.2) is 9.79 Å². The van der Waals surface area contributed by atoms with E-state index in [4.69, 9.17) is 9.47 Å². The number of hydrogen-bond donors (Lipinski definition) is 0. The molecule has 0 fully saturated rings. The van der Waals surface area contributed by atoms with Gasteiger partial charge in [-0.15, -0.1) is 0 Å². The van der Waals surface area contributed by atoms with E-state index < -0.39 is 12.0 Å². The Labute approximate surface area is 261 Å². The van der Waals surface area contributed by atoms with Crippen molar-refractivity contribution in [3.8, 4) is 11.8 Å². The minimum absolute atomic E-state index is 0.214. The van der Waals surface area contributed by atoms with Crippen LogP contribution >= 0.6 is 27.3 Å². The lowest BCUT2D eigenvalue weighted by Crippen LogP contribution is -2.39. The Morgan fingerprint density at radius 2 is 1.91 bits per heavy atom. The Hall–Kier alpha value is -4.46. The normalized spacial score (nSPS) is 14.5. The highest BCUT2D eigenvalue weighted by molar-refractivity contribution is 9.10. The summed E-state index contributed by atoms with van der Waals surface area (Å²) in [6.45, 7) is 3.99. The number of nitrogens with zero attached hydrogens (tertiary/aromatic N) is 4. The number of ether oxygens (including phenoxy) is 2. The van der Waals surface area contributed by atoms with Crippen LogP contribution in [-0.2, 0) is 16.1 Å². The van der Waals surface area contributed by atoms with Gasteiger partial charge in [0.25, 0.3) is 5.56 Å². The van der Waals surface area contributed by atoms with Crippen LogP contribution in [0.3, 0.4) is 0 Å². The zero-order valence-corrected chi connectivity index (χ0v) is 26.5. The number of halogens is 1. The lowest BCUT2D eigenvalue weighted by atomic mass is 9.95. The van der Waals surface area contributed by atoms with Gasteiger partial charge >= 0.3 is 5.97 Å². The van der Waals surface area contributed by atoms with Crippen LogP contribution in [0.25, 0.3) is 6.08 Å². The summed E-state index contributed by atoms with van der Waals surface area (Å²) in [5.41, 5.74) is 4.57. The molecule has 5 rings (SSSR count).